The average Bonchev–Trinajstić information content (AvgIpc) is 2.94. The Kier molecular flexibility index (Phi) is 3.34. The molecule has 102 valence electrons. The fraction of sp³-hybridized carbons (Fsp3) is 0.154. The van der Waals surface area contributed by atoms with Gasteiger partial charge < -0.3 is 10.1 Å². The van der Waals surface area contributed by atoms with E-state index in [1.807, 2.05) is 19.2 Å². The van der Waals surface area contributed by atoms with Crippen LogP contribution in [0.5, 0.6) is 5.75 Å². The minimum absolute atomic E-state index is 0.318. The van der Waals surface area contributed by atoms with Gasteiger partial charge in [-0.2, -0.15) is 5.10 Å². The van der Waals surface area contributed by atoms with E-state index >= 15 is 0 Å². The van der Waals surface area contributed by atoms with Gasteiger partial charge in [0.2, 0.25) is 4.96 Å². The Labute approximate surface area is 119 Å². The molecule has 0 aliphatic heterocycles. The van der Waals surface area contributed by atoms with E-state index in [1.54, 1.807) is 28.8 Å². The summed E-state index contributed by atoms with van der Waals surface area (Å²) in [5, 5.41) is 7.75. The number of benzene rings is 1. The number of fused-ring (bicyclic) bond motifs is 1. The van der Waals surface area contributed by atoms with Crippen molar-refractivity contribution in [1.29, 1.82) is 0 Å². The number of hydrogen-bond donors (Lipinski definition) is 1. The molecule has 0 atom stereocenters. The third kappa shape index (κ3) is 2.77. The van der Waals surface area contributed by atoms with Gasteiger partial charge in [-0.15, -0.1) is 0 Å². The van der Waals surface area contributed by atoms with Crippen molar-refractivity contribution < 1.29 is 9.53 Å². The zero-order valence-electron chi connectivity index (χ0n) is 10.7. The van der Waals surface area contributed by atoms with Crippen molar-refractivity contribution in [1.82, 2.24) is 19.9 Å². The highest BCUT2D eigenvalue weighted by Gasteiger charge is 2.08. The number of para-hydroxylation sites is 1. The summed E-state index contributed by atoms with van der Waals surface area (Å²) in [7, 11) is 0. The molecule has 20 heavy (non-hydrogen) atoms. The van der Waals surface area contributed by atoms with Gasteiger partial charge in [-0.1, -0.05) is 29.5 Å². The molecular formula is C13H12N4O2S. The molecule has 0 saturated carbocycles. The molecular weight excluding hydrogens is 276 g/mol. The first-order valence-electron chi connectivity index (χ1n) is 6.03. The lowest BCUT2D eigenvalue weighted by Gasteiger charge is -2.04. The standard InChI is InChI=1S/C13H12N4O2S/c1-9-8-17-12(15-9)20-11(16-17)7-14-13(18)19-10-5-3-2-4-6-10/h2-6,8H,7H2,1H3,(H,14,18). The number of hydrogen-bond acceptors (Lipinski definition) is 5. The normalized spacial score (nSPS) is 10.7. The molecule has 3 rings (SSSR count). The molecule has 2 heterocycles. The fourth-order valence-electron chi connectivity index (χ4n) is 1.70. The molecule has 1 aromatic carbocycles. The van der Waals surface area contributed by atoms with Crippen molar-refractivity contribution in [2.75, 3.05) is 0 Å². The highest BCUT2D eigenvalue weighted by Crippen LogP contribution is 2.14. The molecule has 0 bridgehead atoms. The monoisotopic (exact) mass is 288 g/mol. The van der Waals surface area contributed by atoms with Gasteiger partial charge in [0.1, 0.15) is 10.8 Å². The molecule has 0 fully saturated rings. The summed E-state index contributed by atoms with van der Waals surface area (Å²) in [6, 6.07) is 8.92. The maximum absolute atomic E-state index is 11.6. The number of carbonyl (C=O) groups is 1. The number of rotatable bonds is 3. The van der Waals surface area contributed by atoms with E-state index in [2.05, 4.69) is 15.4 Å². The van der Waals surface area contributed by atoms with Gasteiger partial charge in [0.15, 0.2) is 0 Å². The van der Waals surface area contributed by atoms with E-state index in [0.29, 0.717) is 12.3 Å². The Morgan fingerprint density at radius 2 is 2.20 bits per heavy atom. The van der Waals surface area contributed by atoms with Crippen molar-refractivity contribution in [2.24, 2.45) is 0 Å². The van der Waals surface area contributed by atoms with E-state index in [-0.39, 0.29) is 0 Å². The van der Waals surface area contributed by atoms with Crippen molar-refractivity contribution in [3.8, 4) is 5.75 Å². The lowest BCUT2D eigenvalue weighted by molar-refractivity contribution is 0.200. The Bertz CT molecular complexity index is 704. The molecule has 0 unspecified atom stereocenters. The third-order valence-corrected chi connectivity index (χ3v) is 3.47. The molecule has 0 aliphatic carbocycles. The maximum Gasteiger partial charge on any atom is 0.412 e. The molecule has 0 radical (unpaired) electrons. The van der Waals surface area contributed by atoms with E-state index in [1.165, 1.54) is 11.3 Å². The Morgan fingerprint density at radius 3 is 2.95 bits per heavy atom. The molecule has 2 aromatic heterocycles. The van der Waals surface area contributed by atoms with Crippen LogP contribution in [0.2, 0.25) is 0 Å². The third-order valence-electron chi connectivity index (χ3n) is 2.54. The van der Waals surface area contributed by atoms with E-state index in [0.717, 1.165) is 15.7 Å². The Balaban J connectivity index is 1.58. The van der Waals surface area contributed by atoms with Crippen LogP contribution >= 0.6 is 11.3 Å². The van der Waals surface area contributed by atoms with Crippen molar-refractivity contribution in [2.45, 2.75) is 13.5 Å². The van der Waals surface area contributed by atoms with Gasteiger partial charge in [0.25, 0.3) is 0 Å². The summed E-state index contributed by atoms with van der Waals surface area (Å²) in [4.78, 5) is 16.7. The number of nitrogens with one attached hydrogen (secondary N) is 1. The summed E-state index contributed by atoms with van der Waals surface area (Å²) in [5.41, 5.74) is 0.923. The number of nitrogens with zero attached hydrogens (tertiary/aromatic N) is 3. The van der Waals surface area contributed by atoms with Crippen LogP contribution in [-0.4, -0.2) is 20.7 Å². The van der Waals surface area contributed by atoms with Crippen LogP contribution in [-0.2, 0) is 6.54 Å². The molecule has 1 amide bonds. The summed E-state index contributed by atoms with van der Waals surface area (Å²) in [6.45, 7) is 2.23. The molecule has 7 heteroatoms. The lowest BCUT2D eigenvalue weighted by atomic mass is 10.3. The smallest absolute Gasteiger partial charge is 0.410 e. The number of carbonyl (C=O) groups excluding carboxylic acids is 1. The highest BCUT2D eigenvalue weighted by atomic mass is 32.1. The van der Waals surface area contributed by atoms with Crippen LogP contribution in [0.3, 0.4) is 0 Å². The zero-order valence-corrected chi connectivity index (χ0v) is 11.6. The second kappa shape index (κ2) is 5.30. The first kappa shape index (κ1) is 12.6. The van der Waals surface area contributed by atoms with Gasteiger partial charge >= 0.3 is 6.09 Å². The number of aromatic nitrogens is 3. The Morgan fingerprint density at radius 1 is 1.40 bits per heavy atom. The molecule has 0 saturated heterocycles. The molecule has 1 N–H and O–H groups in total. The van der Waals surface area contributed by atoms with Crippen LogP contribution in [0.4, 0.5) is 4.79 Å². The van der Waals surface area contributed by atoms with Crippen LogP contribution in [0.15, 0.2) is 36.5 Å². The molecule has 6 nitrogen and oxygen atoms in total. The number of imidazole rings is 1. The molecule has 3 aromatic rings. The predicted molar refractivity (Wildman–Crippen MR) is 74.9 cm³/mol. The second-order valence-corrected chi connectivity index (χ2v) is 5.20. The van der Waals surface area contributed by atoms with E-state index in [4.69, 9.17) is 4.74 Å². The van der Waals surface area contributed by atoms with Crippen LogP contribution in [0.1, 0.15) is 10.7 Å². The summed E-state index contributed by atoms with van der Waals surface area (Å²) in [6.07, 6.45) is 1.35. The average molecular weight is 288 g/mol. The second-order valence-electron chi connectivity index (χ2n) is 4.16. The fourth-order valence-corrected chi connectivity index (χ4v) is 2.56. The largest absolute Gasteiger partial charge is 0.412 e. The quantitative estimate of drug-likeness (QED) is 0.803. The molecule has 0 spiro atoms. The van der Waals surface area contributed by atoms with Crippen molar-refractivity contribution in [3.05, 3.63) is 47.2 Å². The zero-order chi connectivity index (χ0) is 13.9. The first-order chi connectivity index (χ1) is 9.70. The van der Waals surface area contributed by atoms with Crippen LogP contribution < -0.4 is 10.1 Å². The summed E-state index contributed by atoms with van der Waals surface area (Å²) >= 11 is 1.44. The van der Waals surface area contributed by atoms with Gasteiger partial charge in [0, 0.05) is 0 Å². The predicted octanol–water partition coefficient (Wildman–Crippen LogP) is 2.39. The first-order valence-corrected chi connectivity index (χ1v) is 6.85. The maximum atomic E-state index is 11.6. The summed E-state index contributed by atoms with van der Waals surface area (Å²) in [5.74, 6) is 0.509. The minimum atomic E-state index is -0.500. The van der Waals surface area contributed by atoms with Crippen LogP contribution in [0.25, 0.3) is 4.96 Å². The van der Waals surface area contributed by atoms with Gasteiger partial charge in [-0.05, 0) is 19.1 Å². The SMILES string of the molecule is Cc1cn2nc(CNC(=O)Oc3ccccc3)sc2n1. The Hall–Kier alpha value is -2.41. The minimum Gasteiger partial charge on any atom is -0.410 e. The van der Waals surface area contributed by atoms with E-state index in [9.17, 15) is 4.79 Å². The van der Waals surface area contributed by atoms with E-state index < -0.39 is 6.09 Å². The van der Waals surface area contributed by atoms with Gasteiger partial charge in [-0.25, -0.2) is 14.3 Å². The number of ether oxygens (including phenoxy) is 1. The number of aryl methyl sites for hydroxylation is 1. The highest BCUT2D eigenvalue weighted by molar-refractivity contribution is 7.16. The topological polar surface area (TPSA) is 68.5 Å². The van der Waals surface area contributed by atoms with Gasteiger partial charge in [0.05, 0.1) is 18.4 Å². The van der Waals surface area contributed by atoms with Crippen LogP contribution in [0, 0.1) is 6.92 Å². The number of amides is 1. The van der Waals surface area contributed by atoms with Gasteiger partial charge in [-0.3, -0.25) is 0 Å². The lowest BCUT2D eigenvalue weighted by Crippen LogP contribution is -2.26. The molecule has 0 aliphatic rings. The van der Waals surface area contributed by atoms with Crippen molar-refractivity contribution in [3.63, 3.8) is 0 Å². The summed E-state index contributed by atoms with van der Waals surface area (Å²) < 4.78 is 6.82. The van der Waals surface area contributed by atoms with Crippen molar-refractivity contribution >= 4 is 22.4 Å².